The van der Waals surface area contributed by atoms with Crippen molar-refractivity contribution in [3.05, 3.63) is 72.5 Å². The van der Waals surface area contributed by atoms with E-state index in [1.165, 1.54) is 25.0 Å². The summed E-state index contributed by atoms with van der Waals surface area (Å²) < 4.78 is 0. The number of primary amides is 1. The quantitative estimate of drug-likeness (QED) is 0.0738. The molecule has 11 N–H and O–H groups in total. The van der Waals surface area contributed by atoms with Gasteiger partial charge in [0.25, 0.3) is 0 Å². The van der Waals surface area contributed by atoms with E-state index in [0.29, 0.717) is 17.0 Å². The molecule has 0 saturated heterocycles. The van der Waals surface area contributed by atoms with E-state index in [9.17, 15) is 29.1 Å². The van der Waals surface area contributed by atoms with Crippen molar-refractivity contribution in [3.63, 3.8) is 0 Å². The van der Waals surface area contributed by atoms with Crippen molar-refractivity contribution in [2.75, 3.05) is 0 Å². The van der Waals surface area contributed by atoms with Crippen LogP contribution < -0.4 is 27.4 Å². The third kappa shape index (κ3) is 8.51. The fourth-order valence-electron chi connectivity index (χ4n) is 4.65. The molecule has 0 radical (unpaired) electrons. The van der Waals surface area contributed by atoms with Gasteiger partial charge < -0.3 is 47.5 Å². The second kappa shape index (κ2) is 14.6. The van der Waals surface area contributed by atoms with Crippen LogP contribution in [0.1, 0.15) is 29.8 Å². The molecule has 4 atom stereocenters. The Morgan fingerprint density at radius 3 is 2.05 bits per heavy atom. The van der Waals surface area contributed by atoms with Gasteiger partial charge >= 0.3 is 5.97 Å². The van der Waals surface area contributed by atoms with E-state index in [1.54, 1.807) is 6.20 Å². The van der Waals surface area contributed by atoms with Gasteiger partial charge in [-0.05, 0) is 18.1 Å². The van der Waals surface area contributed by atoms with Crippen molar-refractivity contribution in [1.82, 2.24) is 40.9 Å². The first-order valence-corrected chi connectivity index (χ1v) is 13.8. The van der Waals surface area contributed by atoms with Crippen molar-refractivity contribution in [2.24, 2.45) is 11.5 Å². The van der Waals surface area contributed by atoms with Crippen molar-refractivity contribution in [3.8, 4) is 0 Å². The molecule has 0 fully saturated rings. The molecule has 4 rings (SSSR count). The smallest absolute Gasteiger partial charge is 0.326 e. The van der Waals surface area contributed by atoms with Crippen LogP contribution in [0.5, 0.6) is 0 Å². The van der Waals surface area contributed by atoms with E-state index in [-0.39, 0.29) is 32.1 Å². The topological polar surface area (TPSA) is 267 Å². The lowest BCUT2D eigenvalue weighted by molar-refractivity contribution is -0.142. The predicted molar refractivity (Wildman–Crippen MR) is 156 cm³/mol. The van der Waals surface area contributed by atoms with Crippen LogP contribution in [-0.4, -0.2) is 83.8 Å². The molecule has 0 spiro atoms. The van der Waals surface area contributed by atoms with Crippen LogP contribution in [0.3, 0.4) is 0 Å². The molecular formula is C28H34N10O6. The number of hydrogen-bond acceptors (Lipinski definition) is 8. The minimum absolute atomic E-state index is 0.0279. The summed E-state index contributed by atoms with van der Waals surface area (Å²) in [5.41, 5.74) is 14.0. The third-order valence-electron chi connectivity index (χ3n) is 6.97. The highest BCUT2D eigenvalue weighted by Gasteiger charge is 2.31. The molecule has 232 valence electrons. The summed E-state index contributed by atoms with van der Waals surface area (Å²) >= 11 is 0. The largest absolute Gasteiger partial charge is 0.480 e. The SMILES string of the molecule is NC(=O)CCC(NC(=O)C(Cc1c[nH]c2ccccc12)NC(=O)C(N)Cc1cnc[nH]1)C(=O)NC(Cc1cnc[nH]1)C(=O)O. The van der Waals surface area contributed by atoms with E-state index >= 15 is 0 Å². The number of aromatic amines is 3. The van der Waals surface area contributed by atoms with Crippen LogP contribution in [-0.2, 0) is 43.2 Å². The maximum atomic E-state index is 13.7. The molecule has 3 aromatic heterocycles. The van der Waals surface area contributed by atoms with Crippen molar-refractivity contribution >= 4 is 40.5 Å². The number of amides is 4. The lowest BCUT2D eigenvalue weighted by Crippen LogP contribution is -2.58. The zero-order valence-corrected chi connectivity index (χ0v) is 23.6. The number of benzene rings is 1. The molecule has 0 aliphatic rings. The van der Waals surface area contributed by atoms with Gasteiger partial charge in [0.15, 0.2) is 0 Å². The lowest BCUT2D eigenvalue weighted by atomic mass is 10.0. The van der Waals surface area contributed by atoms with Gasteiger partial charge in [-0.25, -0.2) is 14.8 Å². The Bertz CT molecular complexity index is 1580. The number of aliphatic carboxylic acids is 1. The number of nitrogens with zero attached hydrogens (tertiary/aromatic N) is 2. The lowest BCUT2D eigenvalue weighted by Gasteiger charge is -2.25. The first-order chi connectivity index (χ1) is 21.1. The molecule has 16 heteroatoms. The number of nitrogens with one attached hydrogen (secondary N) is 6. The van der Waals surface area contributed by atoms with Gasteiger partial charge in [-0.1, -0.05) is 18.2 Å². The van der Waals surface area contributed by atoms with E-state index in [0.717, 1.165) is 10.9 Å². The van der Waals surface area contributed by atoms with E-state index in [2.05, 4.69) is 40.9 Å². The number of rotatable bonds is 16. The number of carboxylic acid groups (broad SMARTS) is 1. The van der Waals surface area contributed by atoms with Crippen molar-refractivity contribution in [2.45, 2.75) is 56.3 Å². The number of H-pyrrole nitrogens is 3. The van der Waals surface area contributed by atoms with Gasteiger partial charge in [0.1, 0.15) is 18.1 Å². The summed E-state index contributed by atoms with van der Waals surface area (Å²) in [7, 11) is 0. The molecule has 44 heavy (non-hydrogen) atoms. The highest BCUT2D eigenvalue weighted by atomic mass is 16.4. The molecule has 1 aromatic carbocycles. The first-order valence-electron chi connectivity index (χ1n) is 13.8. The normalized spacial score (nSPS) is 13.8. The number of imidazole rings is 2. The Morgan fingerprint density at radius 2 is 1.41 bits per heavy atom. The van der Waals surface area contributed by atoms with Gasteiger partial charge in [0, 0.05) is 66.6 Å². The van der Waals surface area contributed by atoms with E-state index in [1.807, 2.05) is 24.3 Å². The molecule has 4 unspecified atom stereocenters. The average molecular weight is 607 g/mol. The standard InChI is InChI=1S/C28H34N10O6/c29-19(8-16-11-31-13-34-16)25(40)37-22(7-15-10-33-20-4-2-1-3-18(15)20)27(42)36-21(5-6-24(30)39)26(41)38-23(28(43)44)9-17-12-32-14-35-17/h1-4,10-14,19,21-23,33H,5-9,29H2,(H2,30,39)(H,31,34)(H,32,35)(H,36,42)(H,37,40)(H,38,41)(H,43,44). The Kier molecular flexibility index (Phi) is 10.4. The highest BCUT2D eigenvalue weighted by molar-refractivity contribution is 5.95. The second-order valence-corrected chi connectivity index (χ2v) is 10.3. The monoisotopic (exact) mass is 606 g/mol. The first kappa shape index (κ1) is 31.4. The van der Waals surface area contributed by atoms with E-state index in [4.69, 9.17) is 11.5 Å². The maximum absolute atomic E-state index is 13.7. The summed E-state index contributed by atoms with van der Waals surface area (Å²) in [6.45, 7) is 0. The van der Waals surface area contributed by atoms with Gasteiger partial charge in [-0.2, -0.15) is 0 Å². The maximum Gasteiger partial charge on any atom is 0.326 e. The fourth-order valence-corrected chi connectivity index (χ4v) is 4.65. The van der Waals surface area contributed by atoms with Crippen LogP contribution in [0.2, 0.25) is 0 Å². The Morgan fingerprint density at radius 1 is 0.795 bits per heavy atom. The molecule has 0 aliphatic carbocycles. The molecule has 3 heterocycles. The van der Waals surface area contributed by atoms with Crippen LogP contribution in [0.15, 0.2) is 55.5 Å². The van der Waals surface area contributed by atoms with Crippen LogP contribution in [0, 0.1) is 0 Å². The van der Waals surface area contributed by atoms with Gasteiger partial charge in [-0.3, -0.25) is 19.2 Å². The predicted octanol–water partition coefficient (Wildman–Crippen LogP) is -1.23. The Labute approximate surface area is 250 Å². The zero-order chi connectivity index (χ0) is 31.6. The van der Waals surface area contributed by atoms with Crippen LogP contribution in [0.25, 0.3) is 10.9 Å². The van der Waals surface area contributed by atoms with Gasteiger partial charge in [0.05, 0.1) is 18.7 Å². The number of para-hydroxylation sites is 1. The zero-order valence-electron chi connectivity index (χ0n) is 23.6. The van der Waals surface area contributed by atoms with E-state index < -0.39 is 53.8 Å². The fraction of sp³-hybridized carbons (Fsp3) is 0.321. The summed E-state index contributed by atoms with van der Waals surface area (Å²) in [6.07, 6.45) is 7.05. The average Bonchev–Trinajstić information content (AvgIpc) is 3.77. The molecule has 0 aliphatic heterocycles. The molecule has 4 aromatic rings. The van der Waals surface area contributed by atoms with Crippen molar-refractivity contribution < 1.29 is 29.1 Å². The number of aromatic nitrogens is 5. The molecular weight excluding hydrogens is 572 g/mol. The number of carboxylic acids is 1. The summed E-state index contributed by atoms with van der Waals surface area (Å²) in [6, 6.07) is 2.47. The number of carbonyl (C=O) groups excluding carboxylic acids is 4. The summed E-state index contributed by atoms with van der Waals surface area (Å²) in [4.78, 5) is 80.0. The van der Waals surface area contributed by atoms with Crippen LogP contribution >= 0.6 is 0 Å². The number of carbonyl (C=O) groups is 5. The summed E-state index contributed by atoms with van der Waals surface area (Å²) in [5.74, 6) is -4.26. The Balaban J connectivity index is 1.54. The van der Waals surface area contributed by atoms with Crippen molar-refractivity contribution in [1.29, 1.82) is 0 Å². The minimum Gasteiger partial charge on any atom is -0.480 e. The second-order valence-electron chi connectivity index (χ2n) is 10.3. The van der Waals surface area contributed by atoms with Crippen LogP contribution in [0.4, 0.5) is 0 Å². The number of fused-ring (bicyclic) bond motifs is 1. The number of nitrogens with two attached hydrogens (primary N) is 2. The highest BCUT2D eigenvalue weighted by Crippen LogP contribution is 2.19. The molecule has 0 saturated carbocycles. The Hall–Kier alpha value is -5.51. The van der Waals surface area contributed by atoms with Gasteiger partial charge in [-0.15, -0.1) is 0 Å². The summed E-state index contributed by atoms with van der Waals surface area (Å²) in [5, 5.41) is 18.2. The molecule has 16 nitrogen and oxygen atoms in total. The number of hydrogen-bond donors (Lipinski definition) is 9. The molecule has 0 bridgehead atoms. The third-order valence-corrected chi connectivity index (χ3v) is 6.97. The minimum atomic E-state index is -1.36. The van der Waals surface area contributed by atoms with Gasteiger partial charge in [0.2, 0.25) is 23.6 Å². The molecule has 4 amide bonds.